The van der Waals surface area contributed by atoms with E-state index in [0.29, 0.717) is 0 Å². The maximum absolute atomic E-state index is 11.6. The van der Waals surface area contributed by atoms with Gasteiger partial charge in [0.25, 0.3) is 5.91 Å². The van der Waals surface area contributed by atoms with Crippen LogP contribution in [0.2, 0.25) is 0 Å². The lowest BCUT2D eigenvalue weighted by Gasteiger charge is -2.18. The molecule has 0 saturated heterocycles. The van der Waals surface area contributed by atoms with Crippen molar-refractivity contribution in [3.05, 3.63) is 0 Å². The molecule has 160 valence electrons. The minimum atomic E-state index is -1.90. The highest BCUT2D eigenvalue weighted by Gasteiger charge is 2.30. The number of imide groups is 1. The van der Waals surface area contributed by atoms with E-state index in [-0.39, 0.29) is 12.3 Å². The van der Waals surface area contributed by atoms with E-state index in [4.69, 9.17) is 5.11 Å². The second-order valence-corrected chi connectivity index (χ2v) is 8.01. The molecule has 0 aliphatic carbocycles. The molecule has 0 aliphatic rings. The van der Waals surface area contributed by atoms with Crippen LogP contribution in [0.15, 0.2) is 0 Å². The van der Waals surface area contributed by atoms with Gasteiger partial charge in [-0.15, -0.1) is 0 Å². The van der Waals surface area contributed by atoms with Gasteiger partial charge in [0.15, 0.2) is 5.60 Å². The number of hydrogen-bond acceptors (Lipinski definition) is 4. The molecule has 0 aromatic carbocycles. The van der Waals surface area contributed by atoms with Crippen molar-refractivity contribution in [1.29, 1.82) is 0 Å². The molecule has 3 N–H and O–H groups in total. The molecule has 0 fully saturated rings. The summed E-state index contributed by atoms with van der Waals surface area (Å²) in [5.41, 5.74) is -1.90. The van der Waals surface area contributed by atoms with Crippen LogP contribution in [0.1, 0.15) is 117 Å². The molecule has 0 heterocycles. The number of rotatable bonds is 18. The maximum atomic E-state index is 11.6. The van der Waals surface area contributed by atoms with E-state index in [1.165, 1.54) is 84.0 Å². The molecule has 0 spiro atoms. The maximum Gasteiger partial charge on any atom is 0.260 e. The fourth-order valence-electron chi connectivity index (χ4n) is 3.05. The highest BCUT2D eigenvalue weighted by Crippen LogP contribution is 2.13. The van der Waals surface area contributed by atoms with E-state index >= 15 is 0 Å². The van der Waals surface area contributed by atoms with Gasteiger partial charge in [0.1, 0.15) is 0 Å². The number of amides is 2. The van der Waals surface area contributed by atoms with Crippen LogP contribution in [-0.2, 0) is 9.59 Å². The monoisotopic (exact) mass is 385 g/mol. The third kappa shape index (κ3) is 15.8. The quantitative estimate of drug-likeness (QED) is 0.300. The zero-order valence-electron chi connectivity index (χ0n) is 17.7. The largest absolute Gasteiger partial charge is 0.393 e. The zero-order valence-corrected chi connectivity index (χ0v) is 17.7. The number of hydrogen-bond donors (Lipinski definition) is 3. The van der Waals surface area contributed by atoms with E-state index in [1.807, 2.05) is 0 Å². The summed E-state index contributed by atoms with van der Waals surface area (Å²) >= 11 is 0. The summed E-state index contributed by atoms with van der Waals surface area (Å²) in [5.74, 6) is -1.22. The normalized spacial score (nSPS) is 13.3. The summed E-state index contributed by atoms with van der Waals surface area (Å²) in [6.45, 7) is 2.74. The van der Waals surface area contributed by atoms with Gasteiger partial charge in [0, 0.05) is 6.42 Å². The Hall–Kier alpha value is -0.940. The summed E-state index contributed by atoms with van der Waals surface area (Å²) in [4.78, 5) is 23.1. The number of unbranched alkanes of at least 4 members (excludes halogenated alkanes) is 14. The molecule has 0 bridgehead atoms. The second-order valence-electron chi connectivity index (χ2n) is 8.01. The second kappa shape index (κ2) is 17.2. The van der Waals surface area contributed by atoms with Crippen molar-refractivity contribution in [3.63, 3.8) is 0 Å². The van der Waals surface area contributed by atoms with E-state index in [9.17, 15) is 14.7 Å². The number of carbonyl (C=O) groups is 2. The number of nitrogens with one attached hydrogen (secondary N) is 1. The predicted octanol–water partition coefficient (Wildman–Crippen LogP) is 4.63. The molecule has 0 aromatic heterocycles. The van der Waals surface area contributed by atoms with Crippen molar-refractivity contribution < 1.29 is 19.8 Å². The van der Waals surface area contributed by atoms with E-state index < -0.39 is 18.1 Å². The Bertz CT molecular complexity index is 383. The predicted molar refractivity (Wildman–Crippen MR) is 110 cm³/mol. The summed E-state index contributed by atoms with van der Waals surface area (Å²) in [5, 5.41) is 20.5. The van der Waals surface area contributed by atoms with Gasteiger partial charge in [0.2, 0.25) is 5.91 Å². The molecule has 0 aromatic rings. The number of aliphatic hydroxyl groups is 2. The molecule has 1 atom stereocenters. The van der Waals surface area contributed by atoms with Gasteiger partial charge in [-0.05, 0) is 13.3 Å². The first-order valence-electron chi connectivity index (χ1n) is 11.1. The standard InChI is InChI=1S/C22H43NO4/c1-3-4-5-6-7-8-9-10-11-12-13-14-15-16-17-18-20(25)23-21(26)22(2,27)19-24/h24,27H,3-19H2,1-2H3,(H,23,25,26). The minimum absolute atomic E-state index is 0.283. The van der Waals surface area contributed by atoms with E-state index in [2.05, 4.69) is 12.2 Å². The average molecular weight is 386 g/mol. The van der Waals surface area contributed by atoms with Crippen LogP contribution >= 0.6 is 0 Å². The van der Waals surface area contributed by atoms with Crippen molar-refractivity contribution >= 4 is 11.8 Å². The lowest BCUT2D eigenvalue weighted by atomic mass is 10.0. The molecule has 1 unspecified atom stereocenters. The molecule has 0 aliphatic heterocycles. The van der Waals surface area contributed by atoms with Gasteiger partial charge in [-0.2, -0.15) is 0 Å². The Kier molecular flexibility index (Phi) is 16.6. The molecular weight excluding hydrogens is 342 g/mol. The summed E-state index contributed by atoms with van der Waals surface area (Å²) in [6, 6.07) is 0. The lowest BCUT2D eigenvalue weighted by molar-refractivity contribution is -0.145. The first kappa shape index (κ1) is 26.1. The highest BCUT2D eigenvalue weighted by atomic mass is 16.3. The molecule has 0 radical (unpaired) electrons. The molecule has 0 rings (SSSR count). The van der Waals surface area contributed by atoms with Gasteiger partial charge in [-0.1, -0.05) is 96.8 Å². The van der Waals surface area contributed by atoms with Gasteiger partial charge < -0.3 is 10.2 Å². The van der Waals surface area contributed by atoms with E-state index in [1.54, 1.807) is 0 Å². The van der Waals surface area contributed by atoms with Crippen LogP contribution in [0.3, 0.4) is 0 Å². The molecular formula is C22H43NO4. The minimum Gasteiger partial charge on any atom is -0.393 e. The van der Waals surface area contributed by atoms with Crippen molar-refractivity contribution in [2.75, 3.05) is 6.61 Å². The Morgan fingerprint density at radius 2 is 1.11 bits per heavy atom. The summed E-state index contributed by atoms with van der Waals surface area (Å²) < 4.78 is 0. The van der Waals surface area contributed by atoms with Crippen molar-refractivity contribution in [1.82, 2.24) is 5.32 Å². The van der Waals surface area contributed by atoms with E-state index in [0.717, 1.165) is 19.3 Å². The Morgan fingerprint density at radius 3 is 1.48 bits per heavy atom. The van der Waals surface area contributed by atoms with Crippen LogP contribution in [0.25, 0.3) is 0 Å². The topological polar surface area (TPSA) is 86.6 Å². The number of aliphatic hydroxyl groups excluding tert-OH is 1. The SMILES string of the molecule is CCCCCCCCCCCCCCCCCC(=O)NC(=O)C(C)(O)CO. The van der Waals surface area contributed by atoms with Crippen LogP contribution in [-0.4, -0.2) is 34.2 Å². The first-order valence-corrected chi connectivity index (χ1v) is 11.1. The molecule has 2 amide bonds. The van der Waals surface area contributed by atoms with Crippen LogP contribution < -0.4 is 5.32 Å². The van der Waals surface area contributed by atoms with Crippen molar-refractivity contribution in [3.8, 4) is 0 Å². The molecule has 5 heteroatoms. The van der Waals surface area contributed by atoms with Gasteiger partial charge >= 0.3 is 0 Å². The number of carbonyl (C=O) groups excluding carboxylic acids is 2. The van der Waals surface area contributed by atoms with Gasteiger partial charge in [0.05, 0.1) is 6.61 Å². The average Bonchev–Trinajstić information content (AvgIpc) is 2.64. The Balaban J connectivity index is 3.33. The molecule has 27 heavy (non-hydrogen) atoms. The lowest BCUT2D eigenvalue weighted by Crippen LogP contribution is -2.49. The van der Waals surface area contributed by atoms with Gasteiger partial charge in [-0.25, -0.2) is 0 Å². The zero-order chi connectivity index (χ0) is 20.4. The molecule has 0 saturated carbocycles. The fraction of sp³-hybridized carbons (Fsp3) is 0.909. The Morgan fingerprint density at radius 1 is 0.741 bits per heavy atom. The summed E-state index contributed by atoms with van der Waals surface area (Å²) in [6.07, 6.45) is 19.3. The van der Waals surface area contributed by atoms with Crippen LogP contribution in [0.4, 0.5) is 0 Å². The smallest absolute Gasteiger partial charge is 0.260 e. The van der Waals surface area contributed by atoms with Gasteiger partial charge in [-0.3, -0.25) is 14.9 Å². The van der Waals surface area contributed by atoms with Crippen LogP contribution in [0, 0.1) is 0 Å². The fourth-order valence-corrected chi connectivity index (χ4v) is 3.05. The third-order valence-electron chi connectivity index (χ3n) is 5.06. The summed E-state index contributed by atoms with van der Waals surface area (Å²) in [7, 11) is 0. The third-order valence-corrected chi connectivity index (χ3v) is 5.06. The molecule has 5 nitrogen and oxygen atoms in total. The Labute approximate surface area is 166 Å². The highest BCUT2D eigenvalue weighted by molar-refractivity contribution is 5.99. The van der Waals surface area contributed by atoms with Crippen LogP contribution in [0.5, 0.6) is 0 Å². The van der Waals surface area contributed by atoms with Crippen molar-refractivity contribution in [2.24, 2.45) is 0 Å². The van der Waals surface area contributed by atoms with Crippen molar-refractivity contribution in [2.45, 2.75) is 122 Å². The first-order chi connectivity index (χ1) is 12.9.